The van der Waals surface area contributed by atoms with Crippen molar-refractivity contribution in [2.45, 2.75) is 45.1 Å². The second-order valence-electron chi connectivity index (χ2n) is 9.64. The van der Waals surface area contributed by atoms with Crippen molar-refractivity contribution < 1.29 is 14.3 Å². The van der Waals surface area contributed by atoms with Gasteiger partial charge >= 0.3 is 0 Å². The first-order valence-electron chi connectivity index (χ1n) is 12.7. The number of carbonyl (C=O) groups is 1. The van der Waals surface area contributed by atoms with Crippen LogP contribution in [0, 0.1) is 0 Å². The summed E-state index contributed by atoms with van der Waals surface area (Å²) in [4.78, 5) is 19.8. The van der Waals surface area contributed by atoms with E-state index < -0.39 is 0 Å². The van der Waals surface area contributed by atoms with E-state index in [4.69, 9.17) is 14.5 Å². The van der Waals surface area contributed by atoms with Crippen molar-refractivity contribution in [1.82, 2.24) is 9.55 Å². The third-order valence-corrected chi connectivity index (χ3v) is 6.88. The summed E-state index contributed by atoms with van der Waals surface area (Å²) in [6, 6.07) is 24.2. The largest absolute Gasteiger partial charge is 0.497 e. The molecule has 5 rings (SSSR count). The molecule has 0 radical (unpaired) electrons. The Bertz CT molecular complexity index is 1340. The number of ether oxygens (including phenoxy) is 2. The molecule has 0 spiro atoms. The van der Waals surface area contributed by atoms with E-state index in [1.165, 1.54) is 5.56 Å². The number of aromatic nitrogens is 2. The van der Waals surface area contributed by atoms with Crippen LogP contribution in [0.2, 0.25) is 0 Å². The Balaban J connectivity index is 1.31. The number of para-hydroxylation sites is 2. The average molecular weight is 484 g/mol. The number of imidazole rings is 1. The minimum absolute atomic E-state index is 0.0283. The molecule has 36 heavy (non-hydrogen) atoms. The molecule has 1 fully saturated rings. The fraction of sp³-hybridized carbons (Fsp3) is 0.333. The van der Waals surface area contributed by atoms with Gasteiger partial charge < -0.3 is 18.9 Å². The highest BCUT2D eigenvalue weighted by Crippen LogP contribution is 2.34. The van der Waals surface area contributed by atoms with Crippen molar-refractivity contribution in [3.63, 3.8) is 0 Å². The molecule has 1 amide bonds. The smallest absolute Gasteiger partial charge is 0.227 e. The first-order chi connectivity index (χ1) is 17.5. The zero-order valence-electron chi connectivity index (χ0n) is 21.2. The van der Waals surface area contributed by atoms with Crippen LogP contribution in [0.4, 0.5) is 5.69 Å². The van der Waals surface area contributed by atoms with Crippen molar-refractivity contribution >= 4 is 22.6 Å². The zero-order chi connectivity index (χ0) is 25.1. The number of hydrogen-bond donors (Lipinski definition) is 0. The number of hydrogen-bond acceptors (Lipinski definition) is 4. The van der Waals surface area contributed by atoms with Gasteiger partial charge in [-0.1, -0.05) is 44.2 Å². The fourth-order valence-corrected chi connectivity index (χ4v) is 4.91. The minimum Gasteiger partial charge on any atom is -0.497 e. The molecule has 0 saturated carbocycles. The number of anilines is 1. The Morgan fingerprint density at radius 2 is 1.81 bits per heavy atom. The molecule has 2 heterocycles. The summed E-state index contributed by atoms with van der Waals surface area (Å²) in [6.45, 7) is 6.39. The first-order valence-corrected chi connectivity index (χ1v) is 12.7. The molecule has 3 aromatic carbocycles. The van der Waals surface area contributed by atoms with Gasteiger partial charge in [-0.05, 0) is 54.3 Å². The van der Waals surface area contributed by atoms with E-state index in [2.05, 4.69) is 36.6 Å². The maximum Gasteiger partial charge on any atom is 0.227 e. The van der Waals surface area contributed by atoms with Crippen LogP contribution in [0.15, 0.2) is 72.8 Å². The third-order valence-electron chi connectivity index (χ3n) is 6.88. The van der Waals surface area contributed by atoms with Crippen LogP contribution in [-0.2, 0) is 11.3 Å². The second-order valence-corrected chi connectivity index (χ2v) is 9.64. The van der Waals surface area contributed by atoms with Crippen molar-refractivity contribution in [2.75, 3.05) is 25.2 Å². The quantitative estimate of drug-likeness (QED) is 0.268. The molecular formula is C30H33N3O3. The lowest BCUT2D eigenvalue weighted by atomic mass is 10.0. The van der Waals surface area contributed by atoms with Crippen LogP contribution in [0.25, 0.3) is 11.0 Å². The Kier molecular flexibility index (Phi) is 6.94. The Morgan fingerprint density at radius 1 is 1.00 bits per heavy atom. The first kappa shape index (κ1) is 23.9. The lowest BCUT2D eigenvalue weighted by Gasteiger charge is -2.18. The minimum atomic E-state index is 0.0283. The Morgan fingerprint density at radius 3 is 2.58 bits per heavy atom. The maximum absolute atomic E-state index is 13.0. The summed E-state index contributed by atoms with van der Waals surface area (Å²) in [7, 11) is 1.64. The van der Waals surface area contributed by atoms with E-state index >= 15 is 0 Å². The monoisotopic (exact) mass is 483 g/mol. The molecule has 6 heteroatoms. The van der Waals surface area contributed by atoms with Gasteiger partial charge in [0, 0.05) is 37.2 Å². The van der Waals surface area contributed by atoms with Gasteiger partial charge in [0.15, 0.2) is 0 Å². The summed E-state index contributed by atoms with van der Waals surface area (Å²) >= 11 is 0. The number of benzene rings is 3. The van der Waals surface area contributed by atoms with Crippen LogP contribution in [0.1, 0.15) is 49.9 Å². The molecule has 0 aliphatic carbocycles. The molecule has 1 atom stereocenters. The van der Waals surface area contributed by atoms with Crippen molar-refractivity contribution in [1.29, 1.82) is 0 Å². The molecule has 1 saturated heterocycles. The third kappa shape index (κ3) is 4.94. The molecule has 1 aromatic heterocycles. The normalized spacial score (nSPS) is 15.7. The SMILES string of the molecule is COc1cccc(N2CC(c3nc4ccccc4n3CCCOc3ccc(C(C)C)cc3)CC2=O)c1. The van der Waals surface area contributed by atoms with Crippen LogP contribution < -0.4 is 14.4 Å². The lowest BCUT2D eigenvalue weighted by Crippen LogP contribution is -2.24. The number of nitrogens with zero attached hydrogens (tertiary/aromatic N) is 3. The average Bonchev–Trinajstić information content (AvgIpc) is 3.47. The highest BCUT2D eigenvalue weighted by atomic mass is 16.5. The Labute approximate surface area is 212 Å². The van der Waals surface area contributed by atoms with Crippen molar-refractivity contribution in [2.24, 2.45) is 0 Å². The molecule has 0 N–H and O–H groups in total. The number of methoxy groups -OCH3 is 1. The highest BCUT2D eigenvalue weighted by molar-refractivity contribution is 5.96. The van der Waals surface area contributed by atoms with Crippen LogP contribution in [0.3, 0.4) is 0 Å². The van der Waals surface area contributed by atoms with E-state index in [0.29, 0.717) is 25.5 Å². The molecule has 1 aliphatic rings. The van der Waals surface area contributed by atoms with Gasteiger partial charge in [-0.2, -0.15) is 0 Å². The molecular weight excluding hydrogens is 450 g/mol. The molecule has 0 bridgehead atoms. The molecule has 6 nitrogen and oxygen atoms in total. The highest BCUT2D eigenvalue weighted by Gasteiger charge is 2.35. The summed E-state index contributed by atoms with van der Waals surface area (Å²) in [5.41, 5.74) is 4.23. The van der Waals surface area contributed by atoms with E-state index in [1.54, 1.807) is 7.11 Å². The Hall–Kier alpha value is -3.80. The van der Waals surface area contributed by atoms with E-state index in [-0.39, 0.29) is 11.8 Å². The van der Waals surface area contributed by atoms with Crippen LogP contribution in [0.5, 0.6) is 11.5 Å². The summed E-state index contributed by atoms with van der Waals surface area (Å²) in [5, 5.41) is 0. The lowest BCUT2D eigenvalue weighted by molar-refractivity contribution is -0.117. The van der Waals surface area contributed by atoms with Crippen molar-refractivity contribution in [3.8, 4) is 11.5 Å². The summed E-state index contributed by atoms with van der Waals surface area (Å²) in [6.07, 6.45) is 1.29. The summed E-state index contributed by atoms with van der Waals surface area (Å²) < 4.78 is 13.7. The van der Waals surface area contributed by atoms with Gasteiger partial charge in [-0.25, -0.2) is 4.98 Å². The number of fused-ring (bicyclic) bond motifs is 1. The van der Waals surface area contributed by atoms with Gasteiger partial charge in [0.05, 0.1) is 24.8 Å². The van der Waals surface area contributed by atoms with Crippen LogP contribution in [-0.4, -0.2) is 35.7 Å². The number of rotatable bonds is 9. The van der Waals surface area contributed by atoms with Gasteiger partial charge in [0.2, 0.25) is 5.91 Å². The molecule has 4 aromatic rings. The van der Waals surface area contributed by atoms with Crippen molar-refractivity contribution in [3.05, 3.63) is 84.2 Å². The second kappa shape index (κ2) is 10.4. The number of carbonyl (C=O) groups excluding carboxylic acids is 1. The van der Waals surface area contributed by atoms with Gasteiger partial charge in [0.25, 0.3) is 0 Å². The predicted octanol–water partition coefficient (Wildman–Crippen LogP) is 6.16. The van der Waals surface area contributed by atoms with E-state index in [0.717, 1.165) is 47.0 Å². The topological polar surface area (TPSA) is 56.6 Å². The maximum atomic E-state index is 13.0. The molecule has 186 valence electrons. The van der Waals surface area contributed by atoms with E-state index in [9.17, 15) is 4.79 Å². The van der Waals surface area contributed by atoms with Gasteiger partial charge in [-0.15, -0.1) is 0 Å². The molecule has 1 unspecified atom stereocenters. The zero-order valence-corrected chi connectivity index (χ0v) is 21.2. The number of amides is 1. The number of aryl methyl sites for hydroxylation is 1. The predicted molar refractivity (Wildman–Crippen MR) is 143 cm³/mol. The van der Waals surface area contributed by atoms with Gasteiger partial charge in [-0.3, -0.25) is 4.79 Å². The standard InChI is InChI=1S/C30H33N3O3/c1-21(2)22-12-14-25(15-13-22)36-17-7-16-32-28-11-5-4-10-27(28)31-30(32)23-18-29(34)33(20-23)24-8-6-9-26(19-24)35-3/h4-6,8-15,19,21,23H,7,16-18,20H2,1-3H3. The van der Waals surface area contributed by atoms with Crippen LogP contribution >= 0.6 is 0 Å². The fourth-order valence-electron chi connectivity index (χ4n) is 4.91. The van der Waals surface area contributed by atoms with Gasteiger partial charge in [0.1, 0.15) is 17.3 Å². The molecule has 1 aliphatic heterocycles. The van der Waals surface area contributed by atoms with E-state index in [1.807, 2.05) is 59.5 Å². The summed E-state index contributed by atoms with van der Waals surface area (Å²) in [5.74, 6) is 3.26.